The van der Waals surface area contributed by atoms with Crippen molar-refractivity contribution in [2.75, 3.05) is 7.05 Å². The van der Waals surface area contributed by atoms with E-state index in [1.54, 1.807) is 7.05 Å². The van der Waals surface area contributed by atoms with E-state index in [0.29, 0.717) is 19.4 Å². The second-order valence-electron chi connectivity index (χ2n) is 5.12. The number of hydrogen-bond acceptors (Lipinski definition) is 3. The first-order chi connectivity index (χ1) is 9.00. The van der Waals surface area contributed by atoms with Gasteiger partial charge in [0.1, 0.15) is 0 Å². The number of benzene rings is 1. The Morgan fingerprint density at radius 2 is 2.05 bits per heavy atom. The monoisotopic (exact) mass is 260 g/mol. The van der Waals surface area contributed by atoms with E-state index >= 15 is 0 Å². The molecule has 102 valence electrons. The van der Waals surface area contributed by atoms with Crippen molar-refractivity contribution in [3.63, 3.8) is 0 Å². The molecule has 2 amide bonds. The molecule has 1 saturated heterocycles. The third kappa shape index (κ3) is 2.84. The Kier molecular flexibility index (Phi) is 4.00. The quantitative estimate of drug-likeness (QED) is 0.839. The highest BCUT2D eigenvalue weighted by Crippen LogP contribution is 2.15. The van der Waals surface area contributed by atoms with Gasteiger partial charge in [-0.1, -0.05) is 18.2 Å². The summed E-state index contributed by atoms with van der Waals surface area (Å²) in [5.41, 5.74) is 3.71. The molecule has 0 spiro atoms. The summed E-state index contributed by atoms with van der Waals surface area (Å²) in [7, 11) is 1.55. The molecule has 19 heavy (non-hydrogen) atoms. The number of aryl methyl sites for hydroxylation is 1. The third-order valence-corrected chi connectivity index (χ3v) is 3.91. The SMILES string of the molecule is Cc1cccc(CNC2CCC(=O)N(C)C2=O)c1C. The number of imide groups is 1. The van der Waals surface area contributed by atoms with E-state index in [1.807, 2.05) is 6.07 Å². The van der Waals surface area contributed by atoms with E-state index < -0.39 is 0 Å². The van der Waals surface area contributed by atoms with Crippen LogP contribution in [-0.2, 0) is 16.1 Å². The van der Waals surface area contributed by atoms with Gasteiger partial charge < -0.3 is 5.32 Å². The highest BCUT2D eigenvalue weighted by atomic mass is 16.2. The van der Waals surface area contributed by atoms with Gasteiger partial charge in [0, 0.05) is 20.0 Å². The molecule has 1 aliphatic heterocycles. The zero-order valence-electron chi connectivity index (χ0n) is 11.7. The Morgan fingerprint density at radius 1 is 1.32 bits per heavy atom. The van der Waals surface area contributed by atoms with E-state index in [4.69, 9.17) is 0 Å². The lowest BCUT2D eigenvalue weighted by Gasteiger charge is -2.28. The molecule has 1 fully saturated rings. The number of piperidine rings is 1. The fraction of sp³-hybridized carbons (Fsp3) is 0.467. The van der Waals surface area contributed by atoms with E-state index in [1.165, 1.54) is 21.6 Å². The topological polar surface area (TPSA) is 49.4 Å². The molecule has 0 bridgehead atoms. The summed E-state index contributed by atoms with van der Waals surface area (Å²) in [5.74, 6) is -0.212. The Bertz CT molecular complexity index is 511. The lowest BCUT2D eigenvalue weighted by atomic mass is 10.0. The van der Waals surface area contributed by atoms with Gasteiger partial charge in [-0.25, -0.2) is 0 Å². The first kappa shape index (κ1) is 13.7. The van der Waals surface area contributed by atoms with E-state index in [-0.39, 0.29) is 17.9 Å². The molecule has 1 unspecified atom stereocenters. The van der Waals surface area contributed by atoms with E-state index in [2.05, 4.69) is 31.3 Å². The summed E-state index contributed by atoms with van der Waals surface area (Å²) in [5, 5.41) is 3.26. The van der Waals surface area contributed by atoms with E-state index in [0.717, 1.165) is 0 Å². The summed E-state index contributed by atoms with van der Waals surface area (Å²) in [4.78, 5) is 24.6. The Balaban J connectivity index is 2.01. The van der Waals surface area contributed by atoms with Gasteiger partial charge >= 0.3 is 0 Å². The van der Waals surface area contributed by atoms with Crippen LogP contribution in [0.3, 0.4) is 0 Å². The first-order valence-electron chi connectivity index (χ1n) is 6.59. The van der Waals surface area contributed by atoms with Gasteiger partial charge in [-0.3, -0.25) is 14.5 Å². The number of nitrogens with one attached hydrogen (secondary N) is 1. The van der Waals surface area contributed by atoms with Crippen LogP contribution >= 0.6 is 0 Å². The highest BCUT2D eigenvalue weighted by molar-refractivity contribution is 6.00. The molecular weight excluding hydrogens is 240 g/mol. The number of rotatable bonds is 3. The molecule has 0 radical (unpaired) electrons. The van der Waals surface area contributed by atoms with Crippen LogP contribution in [0.5, 0.6) is 0 Å². The van der Waals surface area contributed by atoms with Gasteiger partial charge in [-0.15, -0.1) is 0 Å². The minimum Gasteiger partial charge on any atom is -0.302 e. The smallest absolute Gasteiger partial charge is 0.246 e. The molecule has 1 atom stereocenters. The predicted octanol–water partition coefficient (Wildman–Crippen LogP) is 1.54. The zero-order valence-corrected chi connectivity index (χ0v) is 11.7. The summed E-state index contributed by atoms with van der Waals surface area (Å²) in [6.45, 7) is 4.83. The molecule has 1 aliphatic rings. The highest BCUT2D eigenvalue weighted by Gasteiger charge is 2.31. The normalized spacial score (nSPS) is 19.9. The van der Waals surface area contributed by atoms with Crippen LogP contribution in [0.25, 0.3) is 0 Å². The van der Waals surface area contributed by atoms with Gasteiger partial charge in [0.15, 0.2) is 0 Å². The summed E-state index contributed by atoms with van der Waals surface area (Å²) in [6.07, 6.45) is 1.03. The second-order valence-corrected chi connectivity index (χ2v) is 5.12. The van der Waals surface area contributed by atoms with Gasteiger partial charge in [0.25, 0.3) is 0 Å². The van der Waals surface area contributed by atoms with Crippen LogP contribution in [0.1, 0.15) is 29.5 Å². The number of nitrogens with zero attached hydrogens (tertiary/aromatic N) is 1. The molecule has 4 heteroatoms. The molecule has 1 aromatic carbocycles. The molecular formula is C15H20N2O2. The molecule has 4 nitrogen and oxygen atoms in total. The maximum atomic E-state index is 12.0. The average Bonchev–Trinajstić information content (AvgIpc) is 2.40. The average molecular weight is 260 g/mol. The summed E-state index contributed by atoms with van der Waals surface area (Å²) in [6, 6.07) is 5.93. The van der Waals surface area contributed by atoms with Crippen LogP contribution in [0.4, 0.5) is 0 Å². The number of amides is 2. The molecule has 1 N–H and O–H groups in total. The van der Waals surface area contributed by atoms with Crippen molar-refractivity contribution in [1.82, 2.24) is 10.2 Å². The minimum absolute atomic E-state index is 0.0882. The number of hydrogen-bond donors (Lipinski definition) is 1. The standard InChI is InChI=1S/C15H20N2O2/c1-10-5-4-6-12(11(10)2)9-16-13-7-8-14(18)17(3)15(13)19/h4-6,13,16H,7-9H2,1-3H3. The van der Waals surface area contributed by atoms with Crippen molar-refractivity contribution in [2.24, 2.45) is 0 Å². The van der Waals surface area contributed by atoms with Crippen molar-refractivity contribution in [1.29, 1.82) is 0 Å². The summed E-state index contributed by atoms with van der Waals surface area (Å²) >= 11 is 0. The Hall–Kier alpha value is -1.68. The fourth-order valence-electron chi connectivity index (χ4n) is 2.34. The fourth-order valence-corrected chi connectivity index (χ4v) is 2.34. The van der Waals surface area contributed by atoms with Gasteiger partial charge in [0.2, 0.25) is 11.8 Å². The molecule has 0 aromatic heterocycles. The second kappa shape index (κ2) is 5.53. The van der Waals surface area contributed by atoms with Gasteiger partial charge in [-0.05, 0) is 37.0 Å². The van der Waals surface area contributed by atoms with Crippen LogP contribution in [0.15, 0.2) is 18.2 Å². The van der Waals surface area contributed by atoms with Crippen LogP contribution in [0.2, 0.25) is 0 Å². The predicted molar refractivity (Wildman–Crippen MR) is 73.6 cm³/mol. The van der Waals surface area contributed by atoms with Crippen LogP contribution in [-0.4, -0.2) is 29.8 Å². The minimum atomic E-state index is -0.248. The van der Waals surface area contributed by atoms with Crippen LogP contribution in [0, 0.1) is 13.8 Å². The van der Waals surface area contributed by atoms with Crippen molar-refractivity contribution in [3.05, 3.63) is 34.9 Å². The van der Waals surface area contributed by atoms with Gasteiger partial charge in [0.05, 0.1) is 6.04 Å². The van der Waals surface area contributed by atoms with Crippen LogP contribution < -0.4 is 5.32 Å². The number of carbonyl (C=O) groups excluding carboxylic acids is 2. The zero-order chi connectivity index (χ0) is 14.0. The van der Waals surface area contributed by atoms with Crippen molar-refractivity contribution in [2.45, 2.75) is 39.3 Å². The lowest BCUT2D eigenvalue weighted by molar-refractivity contribution is -0.148. The Labute approximate surface area is 113 Å². The maximum Gasteiger partial charge on any atom is 0.246 e. The largest absolute Gasteiger partial charge is 0.302 e. The van der Waals surface area contributed by atoms with Crippen molar-refractivity contribution in [3.8, 4) is 0 Å². The number of likely N-dealkylation sites (N-methyl/N-ethyl adjacent to an activating group) is 1. The molecule has 0 aliphatic carbocycles. The molecule has 2 rings (SSSR count). The maximum absolute atomic E-state index is 12.0. The number of carbonyl (C=O) groups is 2. The molecule has 1 heterocycles. The summed E-state index contributed by atoms with van der Waals surface area (Å²) < 4.78 is 0. The molecule has 0 saturated carbocycles. The Morgan fingerprint density at radius 3 is 2.79 bits per heavy atom. The third-order valence-electron chi connectivity index (χ3n) is 3.91. The van der Waals surface area contributed by atoms with E-state index in [9.17, 15) is 9.59 Å². The van der Waals surface area contributed by atoms with Gasteiger partial charge in [-0.2, -0.15) is 0 Å². The van der Waals surface area contributed by atoms with Crippen molar-refractivity contribution >= 4 is 11.8 Å². The number of likely N-dealkylation sites (tertiary alicyclic amines) is 1. The first-order valence-corrected chi connectivity index (χ1v) is 6.59. The molecule has 1 aromatic rings. The lowest BCUT2D eigenvalue weighted by Crippen LogP contribution is -2.51. The van der Waals surface area contributed by atoms with Crippen molar-refractivity contribution < 1.29 is 9.59 Å².